The average molecular weight is 761 g/mol. The maximum Gasteiger partial charge on any atom is 0.338 e. The third-order valence-corrected chi connectivity index (χ3v) is 9.09. The monoisotopic (exact) mass is 758 g/mol. The summed E-state index contributed by atoms with van der Waals surface area (Å²) in [4.78, 5) is 32.5. The Balaban J connectivity index is 1.58. The van der Waals surface area contributed by atoms with Crippen LogP contribution in [0.15, 0.2) is 90.7 Å². The van der Waals surface area contributed by atoms with Crippen LogP contribution in [0, 0.1) is 0 Å². The molecule has 2 heterocycles. The first kappa shape index (κ1) is 32.2. The highest BCUT2D eigenvalue weighted by Crippen LogP contribution is 2.37. The summed E-state index contributed by atoms with van der Waals surface area (Å²) in [5, 5.41) is 0.397. The van der Waals surface area contributed by atoms with Gasteiger partial charge in [0.2, 0.25) is 0 Å². The maximum atomic E-state index is 14.1. The zero-order valence-corrected chi connectivity index (χ0v) is 29.1. The summed E-state index contributed by atoms with van der Waals surface area (Å²) in [6.07, 6.45) is 1.64. The fourth-order valence-electron chi connectivity index (χ4n) is 4.84. The van der Waals surface area contributed by atoms with Gasteiger partial charge in [-0.05, 0) is 91.2 Å². The Bertz CT molecular complexity index is 1910. The van der Waals surface area contributed by atoms with E-state index in [4.69, 9.17) is 25.8 Å². The number of fused-ring (bicyclic) bond motifs is 1. The molecule has 3 aromatic carbocycles. The molecule has 11 heteroatoms. The molecule has 0 unspecified atom stereocenters. The predicted molar refractivity (Wildman–Crippen MR) is 180 cm³/mol. The number of nitrogens with zero attached hydrogens (tertiary/aromatic N) is 2. The van der Waals surface area contributed by atoms with Crippen LogP contribution in [-0.4, -0.2) is 23.2 Å². The lowest BCUT2D eigenvalue weighted by atomic mass is 9.95. The molecular formula is C33H29Br2ClN2O5S. The number of allylic oxidation sites excluding steroid dienone is 1. The first-order valence-corrected chi connectivity index (χ1v) is 16.7. The van der Waals surface area contributed by atoms with E-state index in [1.807, 2.05) is 68.4 Å². The van der Waals surface area contributed by atoms with Crippen LogP contribution >= 0.6 is 54.8 Å². The van der Waals surface area contributed by atoms with Gasteiger partial charge in [-0.1, -0.05) is 69.2 Å². The van der Waals surface area contributed by atoms with Gasteiger partial charge in [-0.3, -0.25) is 9.36 Å². The van der Waals surface area contributed by atoms with Crippen molar-refractivity contribution >= 4 is 66.8 Å². The van der Waals surface area contributed by atoms with Crippen LogP contribution in [0.1, 0.15) is 50.4 Å². The number of benzene rings is 3. The van der Waals surface area contributed by atoms with Crippen LogP contribution in [0.4, 0.5) is 0 Å². The minimum Gasteiger partial charge on any atom is -0.491 e. The number of carbonyl (C=O) groups excluding carboxylic acids is 1. The van der Waals surface area contributed by atoms with Gasteiger partial charge in [0.05, 0.1) is 38.0 Å². The summed E-state index contributed by atoms with van der Waals surface area (Å²) in [6.45, 7) is 7.88. The topological polar surface area (TPSA) is 79.1 Å². The number of carbonyl (C=O) groups is 1. The summed E-state index contributed by atoms with van der Waals surface area (Å²) in [7, 11) is 0. The van der Waals surface area contributed by atoms with Gasteiger partial charge in [-0.25, -0.2) is 9.79 Å². The average Bonchev–Trinajstić information content (AvgIpc) is 3.26. The van der Waals surface area contributed by atoms with E-state index in [1.54, 1.807) is 30.6 Å². The lowest BCUT2D eigenvalue weighted by Crippen LogP contribution is -2.40. The lowest BCUT2D eigenvalue weighted by Gasteiger charge is -2.26. The molecule has 1 aromatic heterocycles. The minimum atomic E-state index is -0.785. The molecule has 1 aliphatic heterocycles. The van der Waals surface area contributed by atoms with Gasteiger partial charge >= 0.3 is 5.97 Å². The molecule has 7 nitrogen and oxygen atoms in total. The Morgan fingerprint density at radius 3 is 2.55 bits per heavy atom. The van der Waals surface area contributed by atoms with E-state index in [0.29, 0.717) is 59.3 Å². The molecule has 1 atom stereocenters. The van der Waals surface area contributed by atoms with Gasteiger partial charge < -0.3 is 14.2 Å². The van der Waals surface area contributed by atoms with Gasteiger partial charge in [0.25, 0.3) is 5.56 Å². The van der Waals surface area contributed by atoms with Crippen molar-refractivity contribution < 1.29 is 19.0 Å². The first-order chi connectivity index (χ1) is 21.1. The van der Waals surface area contributed by atoms with E-state index in [9.17, 15) is 9.59 Å². The molecule has 0 N–H and O–H groups in total. The molecule has 0 saturated carbocycles. The molecule has 44 heavy (non-hydrogen) atoms. The maximum absolute atomic E-state index is 14.1. The number of hydrogen-bond donors (Lipinski definition) is 0. The van der Waals surface area contributed by atoms with Crippen LogP contribution in [0.25, 0.3) is 6.08 Å². The van der Waals surface area contributed by atoms with Crippen molar-refractivity contribution in [3.63, 3.8) is 0 Å². The Labute approximate surface area is 280 Å². The summed E-state index contributed by atoms with van der Waals surface area (Å²) in [6, 6.07) is 18.1. The number of aromatic nitrogens is 1. The highest BCUT2D eigenvalue weighted by atomic mass is 79.9. The number of hydrogen-bond acceptors (Lipinski definition) is 7. The lowest BCUT2D eigenvalue weighted by molar-refractivity contribution is -0.139. The van der Waals surface area contributed by atoms with E-state index in [0.717, 1.165) is 10.0 Å². The number of rotatable bonds is 9. The molecule has 5 rings (SSSR count). The van der Waals surface area contributed by atoms with E-state index in [2.05, 4.69) is 36.9 Å². The zero-order valence-electron chi connectivity index (χ0n) is 24.4. The SMILES string of the molecule is CCOC(=O)C1=C(C)N=c2s/c(=C/c3cc(Cl)c(OCc4ccc(Br)cc4)c(Br)c3)c(=O)n2[C@H]1c1ccccc1OC(C)C. The van der Waals surface area contributed by atoms with Crippen LogP contribution in [0.3, 0.4) is 0 Å². The molecule has 228 valence electrons. The van der Waals surface area contributed by atoms with Gasteiger partial charge in [-0.15, -0.1) is 0 Å². The Kier molecular flexibility index (Phi) is 10.1. The van der Waals surface area contributed by atoms with Crippen LogP contribution in [0.5, 0.6) is 11.5 Å². The summed E-state index contributed by atoms with van der Waals surface area (Å²) >= 11 is 14.9. The molecule has 0 radical (unpaired) electrons. The quantitative estimate of drug-likeness (QED) is 0.167. The molecule has 0 saturated heterocycles. The van der Waals surface area contributed by atoms with Crippen molar-refractivity contribution in [1.82, 2.24) is 4.57 Å². The number of ether oxygens (including phenoxy) is 3. The van der Waals surface area contributed by atoms with Crippen molar-refractivity contribution in [1.29, 1.82) is 0 Å². The summed E-state index contributed by atoms with van der Waals surface area (Å²) < 4.78 is 21.2. The van der Waals surface area contributed by atoms with Crippen molar-refractivity contribution in [2.75, 3.05) is 6.61 Å². The highest BCUT2D eigenvalue weighted by Gasteiger charge is 2.35. The Morgan fingerprint density at radius 1 is 1.14 bits per heavy atom. The zero-order chi connectivity index (χ0) is 31.5. The van der Waals surface area contributed by atoms with Gasteiger partial charge in [0, 0.05) is 10.0 Å². The second-order valence-electron chi connectivity index (χ2n) is 10.2. The number of halogens is 3. The molecule has 4 aromatic rings. The van der Waals surface area contributed by atoms with E-state index < -0.39 is 12.0 Å². The van der Waals surface area contributed by atoms with E-state index in [-0.39, 0.29) is 18.3 Å². The second kappa shape index (κ2) is 13.9. The predicted octanol–water partition coefficient (Wildman–Crippen LogP) is 7.34. The van der Waals surface area contributed by atoms with E-state index >= 15 is 0 Å². The number of thiazole rings is 1. The molecule has 0 bridgehead atoms. The van der Waals surface area contributed by atoms with Crippen molar-refractivity contribution in [2.24, 2.45) is 4.99 Å². The molecule has 0 amide bonds. The Hall–Kier alpha value is -3.18. The van der Waals surface area contributed by atoms with Crippen LogP contribution in [-0.2, 0) is 16.1 Å². The molecule has 0 spiro atoms. The van der Waals surface area contributed by atoms with Crippen molar-refractivity contribution in [2.45, 2.75) is 46.4 Å². The summed E-state index contributed by atoms with van der Waals surface area (Å²) in [5.74, 6) is 0.555. The number of para-hydroxylation sites is 1. The van der Waals surface area contributed by atoms with E-state index in [1.165, 1.54) is 11.3 Å². The highest BCUT2D eigenvalue weighted by molar-refractivity contribution is 9.10. The molecule has 0 fully saturated rings. The second-order valence-corrected chi connectivity index (χ2v) is 13.4. The Morgan fingerprint density at radius 2 is 1.86 bits per heavy atom. The van der Waals surface area contributed by atoms with Gasteiger partial charge in [-0.2, -0.15) is 0 Å². The van der Waals surface area contributed by atoms with Crippen LogP contribution < -0.4 is 24.4 Å². The molecular weight excluding hydrogens is 732 g/mol. The van der Waals surface area contributed by atoms with Gasteiger partial charge in [0.1, 0.15) is 18.4 Å². The van der Waals surface area contributed by atoms with Crippen molar-refractivity contribution in [3.05, 3.63) is 122 Å². The van der Waals surface area contributed by atoms with Crippen LogP contribution in [0.2, 0.25) is 5.02 Å². The fourth-order valence-corrected chi connectivity index (χ4v) is 7.14. The first-order valence-electron chi connectivity index (χ1n) is 13.9. The largest absolute Gasteiger partial charge is 0.491 e. The fraction of sp³-hybridized carbons (Fsp3) is 0.242. The smallest absolute Gasteiger partial charge is 0.338 e. The third-order valence-electron chi connectivity index (χ3n) is 6.71. The minimum absolute atomic E-state index is 0.117. The van der Waals surface area contributed by atoms with Crippen molar-refractivity contribution in [3.8, 4) is 11.5 Å². The molecule has 1 aliphatic rings. The molecule has 0 aliphatic carbocycles. The third kappa shape index (κ3) is 6.88. The normalized spacial score (nSPS) is 14.8. The summed E-state index contributed by atoms with van der Waals surface area (Å²) in [5.41, 5.74) is 2.85. The van der Waals surface area contributed by atoms with Gasteiger partial charge in [0.15, 0.2) is 10.6 Å². The number of esters is 1. The standard InChI is InChI=1S/C33H29Br2ClN2O5S/c1-5-41-32(40)28-19(4)37-33-38(29(28)23-8-6-7-9-26(23)43-18(2)3)31(39)27(44-33)16-21-14-24(35)30(25(36)15-21)42-17-20-10-12-22(34)13-11-20/h6-16,18,29H,5,17H2,1-4H3/b27-16+/t29-/m0/s1.